The zero-order chi connectivity index (χ0) is 20.3. The first-order valence-corrected chi connectivity index (χ1v) is 9.70. The molecule has 150 valence electrons. The average molecular weight is 383 g/mol. The number of benzene rings is 2. The Morgan fingerprint density at radius 1 is 1.11 bits per heavy atom. The number of hydrogen-bond donors (Lipinski definition) is 1. The number of hydrogen-bond acceptors (Lipinski definition) is 4. The van der Waals surface area contributed by atoms with Gasteiger partial charge in [-0.3, -0.25) is 9.69 Å². The van der Waals surface area contributed by atoms with Crippen LogP contribution in [0.25, 0.3) is 0 Å². The van der Waals surface area contributed by atoms with E-state index in [1.807, 2.05) is 18.2 Å². The number of rotatable bonds is 6. The summed E-state index contributed by atoms with van der Waals surface area (Å²) in [6.45, 7) is 5.58. The molecule has 28 heavy (non-hydrogen) atoms. The fourth-order valence-electron chi connectivity index (χ4n) is 4.10. The van der Waals surface area contributed by atoms with Crippen molar-refractivity contribution in [2.45, 2.75) is 32.7 Å². The van der Waals surface area contributed by atoms with E-state index in [0.29, 0.717) is 6.54 Å². The molecule has 0 spiro atoms. The number of aliphatic carboxylic acids is 1. The average Bonchev–Trinajstić information content (AvgIpc) is 2.71. The Labute approximate surface area is 166 Å². The summed E-state index contributed by atoms with van der Waals surface area (Å²) in [6, 6.07) is 12.2. The molecule has 2 unspecified atom stereocenters. The molecule has 0 amide bonds. The van der Waals surface area contributed by atoms with Crippen molar-refractivity contribution < 1.29 is 19.4 Å². The van der Waals surface area contributed by atoms with Crippen LogP contribution in [0.5, 0.6) is 11.5 Å². The first-order chi connectivity index (χ1) is 13.4. The minimum atomic E-state index is -0.717. The van der Waals surface area contributed by atoms with Gasteiger partial charge in [-0.1, -0.05) is 23.8 Å². The number of nitrogens with zero attached hydrogens (tertiary/aromatic N) is 1. The Balaban J connectivity index is 2.12. The van der Waals surface area contributed by atoms with Gasteiger partial charge in [0, 0.05) is 18.2 Å². The fourth-order valence-corrected chi connectivity index (χ4v) is 4.10. The van der Waals surface area contributed by atoms with Gasteiger partial charge in [-0.15, -0.1) is 0 Å². The highest BCUT2D eigenvalue weighted by Crippen LogP contribution is 2.40. The molecular weight excluding hydrogens is 354 g/mol. The molecule has 1 aliphatic rings. The topological polar surface area (TPSA) is 59.0 Å². The van der Waals surface area contributed by atoms with E-state index in [2.05, 4.69) is 36.9 Å². The van der Waals surface area contributed by atoms with Gasteiger partial charge in [0.1, 0.15) is 11.5 Å². The fraction of sp³-hybridized carbons (Fsp3) is 0.435. The molecule has 0 aromatic heterocycles. The van der Waals surface area contributed by atoms with Gasteiger partial charge < -0.3 is 14.6 Å². The lowest BCUT2D eigenvalue weighted by Gasteiger charge is -2.38. The second-order valence-electron chi connectivity index (χ2n) is 7.54. The minimum absolute atomic E-state index is 0.0668. The van der Waals surface area contributed by atoms with Crippen LogP contribution < -0.4 is 9.47 Å². The first kappa shape index (κ1) is 20.2. The van der Waals surface area contributed by atoms with Crippen LogP contribution in [0.2, 0.25) is 0 Å². The highest BCUT2D eigenvalue weighted by Gasteiger charge is 2.33. The second-order valence-corrected chi connectivity index (χ2v) is 7.54. The Hall–Kier alpha value is -2.53. The van der Waals surface area contributed by atoms with E-state index in [4.69, 9.17) is 9.47 Å². The maximum absolute atomic E-state index is 11.7. The van der Waals surface area contributed by atoms with Gasteiger partial charge in [0.25, 0.3) is 0 Å². The van der Waals surface area contributed by atoms with E-state index in [-0.39, 0.29) is 12.0 Å². The van der Waals surface area contributed by atoms with Crippen LogP contribution in [-0.4, -0.2) is 43.3 Å². The highest BCUT2D eigenvalue weighted by atomic mass is 16.5. The number of likely N-dealkylation sites (tertiary alicyclic amines) is 1. The maximum Gasteiger partial charge on any atom is 0.307 e. The Morgan fingerprint density at radius 2 is 1.89 bits per heavy atom. The molecule has 2 aromatic rings. The molecular formula is C23H29NO4. The lowest BCUT2D eigenvalue weighted by Crippen LogP contribution is -2.41. The minimum Gasteiger partial charge on any atom is -0.497 e. The van der Waals surface area contributed by atoms with Gasteiger partial charge in [0.2, 0.25) is 0 Å². The molecule has 0 saturated carbocycles. The number of aryl methyl sites for hydroxylation is 2. The lowest BCUT2D eigenvalue weighted by atomic mass is 9.88. The second kappa shape index (κ2) is 8.65. The number of carboxylic acid groups (broad SMARTS) is 1. The largest absolute Gasteiger partial charge is 0.497 e. The Kier molecular flexibility index (Phi) is 6.25. The van der Waals surface area contributed by atoms with Crippen LogP contribution >= 0.6 is 0 Å². The Morgan fingerprint density at radius 3 is 2.57 bits per heavy atom. The van der Waals surface area contributed by atoms with Crippen molar-refractivity contribution in [1.82, 2.24) is 4.90 Å². The monoisotopic (exact) mass is 383 g/mol. The number of carboxylic acids is 1. The van der Waals surface area contributed by atoms with Crippen molar-refractivity contribution in [1.29, 1.82) is 0 Å². The van der Waals surface area contributed by atoms with Crippen LogP contribution in [0, 0.1) is 19.8 Å². The van der Waals surface area contributed by atoms with E-state index in [0.717, 1.165) is 36.4 Å². The zero-order valence-electron chi connectivity index (χ0n) is 17.1. The van der Waals surface area contributed by atoms with Gasteiger partial charge in [0.05, 0.1) is 26.2 Å². The molecule has 0 radical (unpaired) electrons. The number of methoxy groups -OCH3 is 2. The van der Waals surface area contributed by atoms with Crippen molar-refractivity contribution in [3.05, 3.63) is 58.7 Å². The summed E-state index contributed by atoms with van der Waals surface area (Å²) < 4.78 is 11.1. The molecule has 5 nitrogen and oxygen atoms in total. The third-order valence-corrected chi connectivity index (χ3v) is 5.63. The van der Waals surface area contributed by atoms with E-state index >= 15 is 0 Å². The quantitative estimate of drug-likeness (QED) is 0.810. The predicted molar refractivity (Wildman–Crippen MR) is 109 cm³/mol. The number of piperidine rings is 1. The summed E-state index contributed by atoms with van der Waals surface area (Å²) in [6.07, 6.45) is 1.60. The van der Waals surface area contributed by atoms with Crippen LogP contribution in [0.15, 0.2) is 36.4 Å². The van der Waals surface area contributed by atoms with Crippen molar-refractivity contribution in [3.8, 4) is 11.5 Å². The van der Waals surface area contributed by atoms with E-state index in [1.54, 1.807) is 14.2 Å². The first-order valence-electron chi connectivity index (χ1n) is 9.70. The molecule has 2 atom stereocenters. The molecule has 5 heteroatoms. The molecule has 1 heterocycles. The third-order valence-electron chi connectivity index (χ3n) is 5.63. The standard InChI is InChI=1S/C23H29NO4/c1-15-7-8-16(2)20(12-15)22(24-11-5-6-17(14-24)23(25)26)19-10-9-18(27-3)13-21(19)28-4/h7-10,12-13,17,22H,5-6,11,14H2,1-4H3,(H,25,26). The summed E-state index contributed by atoms with van der Waals surface area (Å²) in [5, 5.41) is 9.58. The summed E-state index contributed by atoms with van der Waals surface area (Å²) in [5.41, 5.74) is 4.59. The summed E-state index contributed by atoms with van der Waals surface area (Å²) in [4.78, 5) is 13.9. The zero-order valence-corrected chi connectivity index (χ0v) is 17.1. The molecule has 3 rings (SSSR count). The smallest absolute Gasteiger partial charge is 0.307 e. The van der Waals surface area contributed by atoms with Gasteiger partial charge in [0.15, 0.2) is 0 Å². The normalized spacial score (nSPS) is 18.5. The molecule has 0 aliphatic carbocycles. The van der Waals surface area contributed by atoms with Gasteiger partial charge in [-0.2, -0.15) is 0 Å². The molecule has 1 aliphatic heterocycles. The van der Waals surface area contributed by atoms with Gasteiger partial charge >= 0.3 is 5.97 Å². The van der Waals surface area contributed by atoms with Crippen molar-refractivity contribution in [3.63, 3.8) is 0 Å². The van der Waals surface area contributed by atoms with E-state index < -0.39 is 5.97 Å². The summed E-state index contributed by atoms with van der Waals surface area (Å²) >= 11 is 0. The van der Waals surface area contributed by atoms with Crippen molar-refractivity contribution >= 4 is 5.97 Å². The van der Waals surface area contributed by atoms with E-state index in [9.17, 15) is 9.90 Å². The SMILES string of the molecule is COc1ccc(C(c2cc(C)ccc2C)N2CCCC(C(=O)O)C2)c(OC)c1. The van der Waals surface area contributed by atoms with Crippen LogP contribution in [0.1, 0.15) is 41.1 Å². The molecule has 2 aromatic carbocycles. The predicted octanol–water partition coefficient (Wildman–Crippen LogP) is 4.21. The molecule has 1 N–H and O–H groups in total. The summed E-state index contributed by atoms with van der Waals surface area (Å²) in [5.74, 6) is 0.432. The summed E-state index contributed by atoms with van der Waals surface area (Å²) in [7, 11) is 3.30. The van der Waals surface area contributed by atoms with Crippen LogP contribution in [0.3, 0.4) is 0 Å². The highest BCUT2D eigenvalue weighted by molar-refractivity contribution is 5.70. The number of ether oxygens (including phenoxy) is 2. The van der Waals surface area contributed by atoms with Crippen molar-refractivity contribution in [2.75, 3.05) is 27.3 Å². The van der Waals surface area contributed by atoms with Gasteiger partial charge in [-0.25, -0.2) is 0 Å². The van der Waals surface area contributed by atoms with Crippen LogP contribution in [-0.2, 0) is 4.79 Å². The number of carbonyl (C=O) groups is 1. The van der Waals surface area contributed by atoms with E-state index in [1.165, 1.54) is 16.7 Å². The van der Waals surface area contributed by atoms with Crippen molar-refractivity contribution in [2.24, 2.45) is 5.92 Å². The lowest BCUT2D eigenvalue weighted by molar-refractivity contribution is -0.143. The Bertz CT molecular complexity index is 848. The van der Waals surface area contributed by atoms with Gasteiger partial charge in [-0.05, 0) is 56.5 Å². The molecule has 0 bridgehead atoms. The maximum atomic E-state index is 11.7. The van der Waals surface area contributed by atoms with Crippen LogP contribution in [0.4, 0.5) is 0 Å². The molecule has 1 fully saturated rings. The third kappa shape index (κ3) is 4.14. The molecule has 1 saturated heterocycles.